The molecule has 9 unspecified atom stereocenters. The molecule has 7 rings (SSSR count). The highest BCUT2D eigenvalue weighted by Crippen LogP contribution is 3.43. The number of hydrogen-bond donors (Lipinski definition) is 0. The Balaban J connectivity index is 1.50. The normalized spacial score (nSPS) is 91.7. The van der Waals surface area contributed by atoms with E-state index in [1.165, 1.54) is 30.6 Å². The Morgan fingerprint density at radius 1 is 0.947 bits per heavy atom. The van der Waals surface area contributed by atoms with Gasteiger partial charge in [0.2, 0.25) is 0 Å². The van der Waals surface area contributed by atoms with E-state index in [2.05, 4.69) is 34.6 Å². The molecule has 7 fully saturated rings. The first-order chi connectivity index (χ1) is 8.96. The smallest absolute Gasteiger partial charge is 0.00566 e. The molecule has 0 N–H and O–H groups in total. The van der Waals surface area contributed by atoms with E-state index in [1.807, 2.05) is 0 Å². The zero-order valence-corrected chi connectivity index (χ0v) is 13.1. The molecule has 0 aliphatic heterocycles. The summed E-state index contributed by atoms with van der Waals surface area (Å²) in [5, 5.41) is 0. The van der Waals surface area contributed by atoms with Crippen molar-refractivity contribution in [3.63, 3.8) is 0 Å². The van der Waals surface area contributed by atoms with Gasteiger partial charge >= 0.3 is 0 Å². The summed E-state index contributed by atoms with van der Waals surface area (Å²) in [7, 11) is 0. The van der Waals surface area contributed by atoms with Gasteiger partial charge in [-0.3, -0.25) is 0 Å². The van der Waals surface area contributed by atoms with Gasteiger partial charge in [0.1, 0.15) is 0 Å². The molecule has 0 bridgehead atoms. The average Bonchev–Trinajstić information content (AvgIpc) is 3.25. The van der Waals surface area contributed by atoms with Crippen LogP contribution in [0.25, 0.3) is 0 Å². The summed E-state index contributed by atoms with van der Waals surface area (Å²) in [5.41, 5.74) is 5.93. The second-order valence-corrected chi connectivity index (χ2v) is 10.0. The molecule has 0 saturated heterocycles. The van der Waals surface area contributed by atoms with Crippen LogP contribution in [0.2, 0.25) is 0 Å². The molecule has 0 amide bonds. The fraction of sp³-hybridized carbons (Fsp3) is 1.00. The van der Waals surface area contributed by atoms with Gasteiger partial charge in [0.05, 0.1) is 0 Å². The molecule has 7 aliphatic rings. The fourth-order valence-corrected chi connectivity index (χ4v) is 12.2. The minimum Gasteiger partial charge on any atom is -0.0654 e. The van der Waals surface area contributed by atoms with Crippen LogP contribution in [0.5, 0.6) is 0 Å². The van der Waals surface area contributed by atoms with Crippen molar-refractivity contribution in [3.8, 4) is 0 Å². The first-order valence-corrected chi connectivity index (χ1v) is 8.96. The second-order valence-electron chi connectivity index (χ2n) is 10.0. The quantitative estimate of drug-likeness (QED) is 0.693. The highest BCUT2D eigenvalue weighted by atomic mass is 15.4. The van der Waals surface area contributed by atoms with Crippen molar-refractivity contribution >= 4 is 0 Å². The largest absolute Gasteiger partial charge is 0.0654 e. The van der Waals surface area contributed by atoms with E-state index in [0.717, 1.165) is 37.9 Å². The van der Waals surface area contributed by atoms with Gasteiger partial charge in [0.25, 0.3) is 0 Å². The van der Waals surface area contributed by atoms with Gasteiger partial charge in [-0.25, -0.2) is 0 Å². The summed E-state index contributed by atoms with van der Waals surface area (Å²) in [4.78, 5) is 0. The maximum Gasteiger partial charge on any atom is -0.00566 e. The molecule has 0 heterocycles. The van der Waals surface area contributed by atoms with Gasteiger partial charge in [0, 0.05) is 0 Å². The molecule has 9 atom stereocenters. The lowest BCUT2D eigenvalue weighted by Crippen LogP contribution is -2.59. The maximum absolute atomic E-state index is 2.73. The van der Waals surface area contributed by atoms with Crippen molar-refractivity contribution in [2.24, 2.45) is 55.7 Å². The third kappa shape index (κ3) is 0.342. The third-order valence-electron chi connectivity index (χ3n) is 11.8. The van der Waals surface area contributed by atoms with Crippen molar-refractivity contribution in [1.82, 2.24) is 0 Å². The molecule has 7 saturated carbocycles. The SMILES string of the molecule is CCCC12C3(C)C4(CC)C5C4(C31C)C52C1(C)C2CC21. The number of hydrogen-bond acceptors (Lipinski definition) is 0. The summed E-state index contributed by atoms with van der Waals surface area (Å²) in [6.07, 6.45) is 6.11. The lowest BCUT2D eigenvalue weighted by atomic mass is 9.41. The summed E-state index contributed by atoms with van der Waals surface area (Å²) in [6.45, 7) is 13.1. The van der Waals surface area contributed by atoms with E-state index in [4.69, 9.17) is 0 Å². The van der Waals surface area contributed by atoms with Gasteiger partial charge < -0.3 is 0 Å². The molecule has 0 nitrogen and oxygen atoms in total. The van der Waals surface area contributed by atoms with Crippen LogP contribution in [0, 0.1) is 55.7 Å². The molecular weight excluding hydrogens is 228 g/mol. The van der Waals surface area contributed by atoms with Crippen molar-refractivity contribution in [1.29, 1.82) is 0 Å². The minimum atomic E-state index is 0.778. The van der Waals surface area contributed by atoms with Gasteiger partial charge in [-0.1, -0.05) is 41.0 Å². The maximum atomic E-state index is 2.73. The standard InChI is InChI=1S/C19H26/c1-6-8-17-14(4)15(17,5)19-12(16(14,19)7-2)18(17,19)13(3)10-9-11(10)13/h10-12H,6-9H2,1-5H3. The van der Waals surface area contributed by atoms with E-state index >= 15 is 0 Å². The summed E-state index contributed by atoms with van der Waals surface area (Å²) >= 11 is 0. The highest BCUT2D eigenvalue weighted by molar-refractivity contribution is 5.85. The first kappa shape index (κ1) is 9.85. The number of fused-ring (bicyclic) bond motifs is 6. The Bertz CT molecular complexity index is 626. The van der Waals surface area contributed by atoms with Crippen LogP contribution in [0.15, 0.2) is 0 Å². The topological polar surface area (TPSA) is 0 Å². The van der Waals surface area contributed by atoms with E-state index in [9.17, 15) is 0 Å². The fourth-order valence-electron chi connectivity index (χ4n) is 12.2. The first-order valence-electron chi connectivity index (χ1n) is 8.96. The number of rotatable bonds is 4. The average molecular weight is 254 g/mol. The third-order valence-corrected chi connectivity index (χ3v) is 11.8. The van der Waals surface area contributed by atoms with E-state index in [-0.39, 0.29) is 0 Å². The van der Waals surface area contributed by atoms with Crippen molar-refractivity contribution in [2.75, 3.05) is 0 Å². The highest BCUT2D eigenvalue weighted by Gasteiger charge is 3.40. The van der Waals surface area contributed by atoms with Crippen molar-refractivity contribution < 1.29 is 0 Å². The van der Waals surface area contributed by atoms with Gasteiger partial charge in [0.15, 0.2) is 0 Å². The van der Waals surface area contributed by atoms with Crippen LogP contribution in [0.4, 0.5) is 0 Å². The van der Waals surface area contributed by atoms with Crippen LogP contribution in [-0.4, -0.2) is 0 Å². The molecule has 0 aromatic rings. The van der Waals surface area contributed by atoms with Crippen LogP contribution in [-0.2, 0) is 0 Å². The van der Waals surface area contributed by atoms with E-state index in [0.29, 0.717) is 0 Å². The Kier molecular flexibility index (Phi) is 0.891. The van der Waals surface area contributed by atoms with Crippen molar-refractivity contribution in [2.45, 2.75) is 60.3 Å². The molecule has 0 aromatic carbocycles. The zero-order chi connectivity index (χ0) is 13.1. The Labute approximate surface area is 116 Å². The predicted molar refractivity (Wildman–Crippen MR) is 74.3 cm³/mol. The van der Waals surface area contributed by atoms with Crippen LogP contribution in [0.3, 0.4) is 0 Å². The zero-order valence-electron chi connectivity index (χ0n) is 13.1. The lowest BCUT2D eigenvalue weighted by molar-refractivity contribution is -0.164. The van der Waals surface area contributed by atoms with Gasteiger partial charge in [-0.2, -0.15) is 0 Å². The van der Waals surface area contributed by atoms with Gasteiger partial charge in [-0.15, -0.1) is 0 Å². The van der Waals surface area contributed by atoms with Crippen LogP contribution >= 0.6 is 0 Å². The molecule has 7 aliphatic carbocycles. The monoisotopic (exact) mass is 254 g/mol. The molecule has 1 spiro atoms. The minimum absolute atomic E-state index is 0.778. The Hall–Kier alpha value is 0. The second kappa shape index (κ2) is 1.72. The van der Waals surface area contributed by atoms with Crippen LogP contribution < -0.4 is 0 Å². The molecule has 19 heavy (non-hydrogen) atoms. The molecule has 0 aromatic heterocycles. The van der Waals surface area contributed by atoms with E-state index < -0.39 is 0 Å². The summed E-state index contributed by atoms with van der Waals surface area (Å²) in [6, 6.07) is 0. The van der Waals surface area contributed by atoms with Crippen LogP contribution in [0.1, 0.15) is 60.3 Å². The van der Waals surface area contributed by atoms with Gasteiger partial charge in [-0.05, 0) is 74.9 Å². The molecular formula is C19H26. The Morgan fingerprint density at radius 3 is 2.05 bits per heavy atom. The molecule has 102 valence electrons. The summed E-state index contributed by atoms with van der Waals surface area (Å²) in [5.74, 6) is 3.58. The molecule has 0 radical (unpaired) electrons. The summed E-state index contributed by atoms with van der Waals surface area (Å²) < 4.78 is 0. The predicted octanol–water partition coefficient (Wildman–Crippen LogP) is 4.49. The Morgan fingerprint density at radius 2 is 1.63 bits per heavy atom. The molecule has 0 heteroatoms. The lowest BCUT2D eigenvalue weighted by Gasteiger charge is -2.62. The van der Waals surface area contributed by atoms with Crippen molar-refractivity contribution in [3.05, 3.63) is 0 Å². The van der Waals surface area contributed by atoms with E-state index in [1.54, 1.807) is 12.8 Å².